The normalized spacial score (nSPS) is 13.2. The molecular weight excluding hydrogens is 353 g/mol. The third kappa shape index (κ3) is 3.67. The first-order valence-corrected chi connectivity index (χ1v) is 8.01. The average Bonchev–Trinajstić information content (AvgIpc) is 2.22. The molecule has 0 fully saturated rings. The van der Waals surface area contributed by atoms with Crippen molar-refractivity contribution in [3.63, 3.8) is 0 Å². The third-order valence-electron chi connectivity index (χ3n) is 2.54. The second-order valence-corrected chi connectivity index (χ2v) is 7.40. The van der Waals surface area contributed by atoms with Crippen LogP contribution in [0.1, 0.15) is 12.5 Å². The van der Waals surface area contributed by atoms with Crippen LogP contribution in [0.2, 0.25) is 0 Å². The maximum Gasteiger partial charge on any atom is 0.242 e. The minimum atomic E-state index is -3.36. The van der Waals surface area contributed by atoms with Gasteiger partial charge in [-0.15, -0.1) is 0 Å². The van der Waals surface area contributed by atoms with E-state index in [1.807, 2.05) is 19.1 Å². The number of amides is 1. The van der Waals surface area contributed by atoms with E-state index >= 15 is 0 Å². The van der Waals surface area contributed by atoms with Crippen molar-refractivity contribution >= 4 is 44.0 Å². The van der Waals surface area contributed by atoms with E-state index in [1.54, 1.807) is 6.07 Å². The molecule has 4 nitrogen and oxygen atoms in total. The molecule has 1 N–H and O–H groups in total. The van der Waals surface area contributed by atoms with Crippen molar-refractivity contribution in [3.05, 3.63) is 27.3 Å². The van der Waals surface area contributed by atoms with Gasteiger partial charge in [-0.25, -0.2) is 8.42 Å². The highest BCUT2D eigenvalue weighted by Gasteiger charge is 2.23. The fraction of sp³-hybridized carbons (Fsp3) is 0.364. The first-order chi connectivity index (χ1) is 7.73. The predicted molar refractivity (Wildman–Crippen MR) is 76.8 cm³/mol. The van der Waals surface area contributed by atoms with Crippen LogP contribution < -0.4 is 5.32 Å². The van der Waals surface area contributed by atoms with Crippen LogP contribution in [0.15, 0.2) is 18.2 Å². The lowest BCUT2D eigenvalue weighted by Gasteiger charge is -2.13. The Balaban J connectivity index is 2.93. The van der Waals surface area contributed by atoms with Crippen LogP contribution in [0.3, 0.4) is 0 Å². The molecule has 1 aromatic carbocycles. The number of anilines is 1. The highest BCUT2D eigenvalue weighted by Crippen LogP contribution is 2.20. The lowest BCUT2D eigenvalue weighted by Crippen LogP contribution is -2.32. The van der Waals surface area contributed by atoms with Gasteiger partial charge in [-0.3, -0.25) is 4.79 Å². The highest BCUT2D eigenvalue weighted by atomic mass is 127. The van der Waals surface area contributed by atoms with Gasteiger partial charge in [-0.1, -0.05) is 6.07 Å². The smallest absolute Gasteiger partial charge is 0.242 e. The Labute approximate surface area is 115 Å². The largest absolute Gasteiger partial charge is 0.325 e. The van der Waals surface area contributed by atoms with Gasteiger partial charge in [0.25, 0.3) is 0 Å². The molecule has 6 heteroatoms. The quantitative estimate of drug-likeness (QED) is 0.831. The number of halogens is 1. The van der Waals surface area contributed by atoms with Crippen LogP contribution in [-0.4, -0.2) is 25.8 Å². The molecule has 0 heterocycles. The van der Waals surface area contributed by atoms with E-state index in [0.29, 0.717) is 5.69 Å². The molecule has 1 unspecified atom stereocenters. The summed E-state index contributed by atoms with van der Waals surface area (Å²) in [6.45, 7) is 3.26. The zero-order valence-corrected chi connectivity index (χ0v) is 12.8. The average molecular weight is 367 g/mol. The Morgan fingerprint density at radius 2 is 2.00 bits per heavy atom. The molecule has 0 spiro atoms. The van der Waals surface area contributed by atoms with Crippen LogP contribution >= 0.6 is 22.6 Å². The first-order valence-electron chi connectivity index (χ1n) is 4.98. The SMILES string of the molecule is Cc1c(I)cccc1NC(=O)C(C)S(C)(=O)=O. The molecule has 0 aromatic heterocycles. The molecule has 0 bridgehead atoms. The van der Waals surface area contributed by atoms with E-state index in [2.05, 4.69) is 27.9 Å². The molecule has 1 aromatic rings. The number of rotatable bonds is 3. The van der Waals surface area contributed by atoms with E-state index in [9.17, 15) is 13.2 Å². The first kappa shape index (κ1) is 14.4. The molecule has 0 aliphatic carbocycles. The molecule has 0 aliphatic rings. The monoisotopic (exact) mass is 367 g/mol. The second kappa shape index (κ2) is 5.34. The maximum atomic E-state index is 11.7. The molecule has 17 heavy (non-hydrogen) atoms. The fourth-order valence-corrected chi connectivity index (χ4v) is 2.12. The minimum absolute atomic E-state index is 0.502. The van der Waals surface area contributed by atoms with Gasteiger partial charge >= 0.3 is 0 Å². The molecule has 94 valence electrons. The summed E-state index contributed by atoms with van der Waals surface area (Å²) in [6.07, 6.45) is 1.05. The molecule has 0 radical (unpaired) electrons. The van der Waals surface area contributed by atoms with Gasteiger partial charge in [-0.2, -0.15) is 0 Å². The molecule has 1 atom stereocenters. The number of nitrogens with one attached hydrogen (secondary N) is 1. The summed E-state index contributed by atoms with van der Waals surface area (Å²) in [4.78, 5) is 11.7. The van der Waals surface area contributed by atoms with E-state index in [1.165, 1.54) is 6.92 Å². The van der Waals surface area contributed by atoms with Crippen LogP contribution in [0.4, 0.5) is 5.69 Å². The van der Waals surface area contributed by atoms with Gasteiger partial charge in [0.05, 0.1) is 0 Å². The van der Waals surface area contributed by atoms with Crippen molar-refractivity contribution in [2.24, 2.45) is 0 Å². The fourth-order valence-electron chi connectivity index (χ4n) is 1.17. The summed E-state index contributed by atoms with van der Waals surface area (Å²) in [5.74, 6) is -0.502. The van der Waals surface area contributed by atoms with E-state index in [0.717, 1.165) is 15.4 Å². The lowest BCUT2D eigenvalue weighted by atomic mass is 10.2. The van der Waals surface area contributed by atoms with E-state index in [-0.39, 0.29) is 0 Å². The van der Waals surface area contributed by atoms with Crippen molar-refractivity contribution in [1.82, 2.24) is 0 Å². The Bertz CT molecular complexity index is 540. The molecule has 0 aliphatic heterocycles. The summed E-state index contributed by atoms with van der Waals surface area (Å²) in [5, 5.41) is 1.59. The predicted octanol–water partition coefficient (Wildman–Crippen LogP) is 1.97. The van der Waals surface area contributed by atoms with E-state index < -0.39 is 21.0 Å². The summed E-state index contributed by atoms with van der Waals surface area (Å²) >= 11 is 2.16. The van der Waals surface area contributed by atoms with Crippen LogP contribution in [0.25, 0.3) is 0 Å². The maximum absolute atomic E-state index is 11.7. The molecule has 0 saturated heterocycles. The van der Waals surface area contributed by atoms with Crippen LogP contribution in [0.5, 0.6) is 0 Å². The Morgan fingerprint density at radius 1 is 1.41 bits per heavy atom. The van der Waals surface area contributed by atoms with Crippen molar-refractivity contribution in [2.45, 2.75) is 19.1 Å². The highest BCUT2D eigenvalue weighted by molar-refractivity contribution is 14.1. The van der Waals surface area contributed by atoms with Gasteiger partial charge in [-0.05, 0) is 54.1 Å². The Hall–Kier alpha value is -0.630. The van der Waals surface area contributed by atoms with Crippen molar-refractivity contribution in [2.75, 3.05) is 11.6 Å². The molecule has 0 saturated carbocycles. The van der Waals surface area contributed by atoms with Crippen LogP contribution in [0, 0.1) is 10.5 Å². The second-order valence-electron chi connectivity index (χ2n) is 3.87. The number of hydrogen-bond donors (Lipinski definition) is 1. The number of carbonyl (C=O) groups excluding carboxylic acids is 1. The standard InChI is InChI=1S/C11H14INO3S/c1-7-9(12)5-4-6-10(7)13-11(14)8(2)17(3,15)16/h4-6,8H,1-3H3,(H,13,14). The summed E-state index contributed by atoms with van der Waals surface area (Å²) < 4.78 is 23.5. The number of benzene rings is 1. The van der Waals surface area contributed by atoms with Gasteiger partial charge in [0.1, 0.15) is 5.25 Å². The topological polar surface area (TPSA) is 63.2 Å². The Kier molecular flexibility index (Phi) is 4.54. The minimum Gasteiger partial charge on any atom is -0.325 e. The summed E-state index contributed by atoms with van der Waals surface area (Å²) in [5.41, 5.74) is 1.58. The lowest BCUT2D eigenvalue weighted by molar-refractivity contribution is -0.115. The number of hydrogen-bond acceptors (Lipinski definition) is 3. The van der Waals surface area contributed by atoms with Gasteiger partial charge < -0.3 is 5.32 Å². The zero-order chi connectivity index (χ0) is 13.2. The molecule has 1 amide bonds. The molecular formula is C11H14INO3S. The van der Waals surface area contributed by atoms with Gasteiger partial charge in [0, 0.05) is 15.5 Å². The van der Waals surface area contributed by atoms with Crippen LogP contribution in [-0.2, 0) is 14.6 Å². The van der Waals surface area contributed by atoms with Crippen molar-refractivity contribution < 1.29 is 13.2 Å². The van der Waals surface area contributed by atoms with Crippen molar-refractivity contribution in [1.29, 1.82) is 0 Å². The Morgan fingerprint density at radius 3 is 2.53 bits per heavy atom. The summed E-state index contributed by atoms with van der Waals surface area (Å²) in [7, 11) is -3.36. The van der Waals surface area contributed by atoms with Gasteiger partial charge in [0.2, 0.25) is 5.91 Å². The zero-order valence-electron chi connectivity index (χ0n) is 9.82. The van der Waals surface area contributed by atoms with Crippen molar-refractivity contribution in [3.8, 4) is 0 Å². The third-order valence-corrected chi connectivity index (χ3v) is 5.20. The number of carbonyl (C=O) groups is 1. The van der Waals surface area contributed by atoms with Gasteiger partial charge in [0.15, 0.2) is 9.84 Å². The summed E-state index contributed by atoms with van der Waals surface area (Å²) in [6, 6.07) is 5.49. The number of sulfone groups is 1. The molecule has 1 rings (SSSR count). The van der Waals surface area contributed by atoms with E-state index in [4.69, 9.17) is 0 Å².